The van der Waals surface area contributed by atoms with Crippen molar-refractivity contribution in [1.29, 1.82) is 0 Å². The van der Waals surface area contributed by atoms with Crippen molar-refractivity contribution in [2.75, 3.05) is 0 Å². The highest BCUT2D eigenvalue weighted by atomic mass is 32.2. The Kier molecular flexibility index (Phi) is 5.39. The number of nitrogens with one attached hydrogen (secondary N) is 1. The van der Waals surface area contributed by atoms with E-state index in [-0.39, 0.29) is 22.4 Å². The molecule has 0 aliphatic rings. The Bertz CT molecular complexity index is 539. The van der Waals surface area contributed by atoms with E-state index in [2.05, 4.69) is 4.72 Å². The SMILES string of the molecule is CC(C)(C)NSc1cc(F)c(CC(C)(C)C(=O)O)cc1F. The van der Waals surface area contributed by atoms with Crippen molar-refractivity contribution in [3.05, 3.63) is 29.3 Å². The number of aliphatic carboxylic acids is 1. The van der Waals surface area contributed by atoms with Gasteiger partial charge in [-0.15, -0.1) is 0 Å². The number of hydrogen-bond acceptors (Lipinski definition) is 3. The second-order valence-corrected chi connectivity index (χ2v) is 7.54. The predicted octanol–water partition coefficient (Wildman–Crippen LogP) is 4.01. The fraction of sp³-hybridized carbons (Fsp3) is 0.533. The van der Waals surface area contributed by atoms with Gasteiger partial charge in [-0.1, -0.05) is 0 Å². The van der Waals surface area contributed by atoms with E-state index in [1.165, 1.54) is 13.8 Å². The second kappa shape index (κ2) is 6.32. The van der Waals surface area contributed by atoms with E-state index in [0.717, 1.165) is 24.1 Å². The summed E-state index contributed by atoms with van der Waals surface area (Å²) in [6, 6.07) is 2.18. The summed E-state index contributed by atoms with van der Waals surface area (Å²) in [7, 11) is 0. The van der Waals surface area contributed by atoms with Crippen LogP contribution in [0.5, 0.6) is 0 Å². The molecule has 0 bridgehead atoms. The topological polar surface area (TPSA) is 49.3 Å². The Balaban J connectivity index is 2.97. The fourth-order valence-electron chi connectivity index (χ4n) is 1.54. The highest BCUT2D eigenvalue weighted by Gasteiger charge is 2.29. The van der Waals surface area contributed by atoms with Gasteiger partial charge in [-0.3, -0.25) is 9.52 Å². The van der Waals surface area contributed by atoms with Crippen LogP contribution in [-0.4, -0.2) is 16.6 Å². The lowest BCUT2D eigenvalue weighted by molar-refractivity contribution is -0.146. The van der Waals surface area contributed by atoms with Gasteiger partial charge in [0.05, 0.1) is 10.3 Å². The molecule has 0 radical (unpaired) electrons. The minimum absolute atomic E-state index is 0.0667. The first-order chi connectivity index (χ1) is 9.42. The lowest BCUT2D eigenvalue weighted by Crippen LogP contribution is -2.30. The van der Waals surface area contributed by atoms with Crippen LogP contribution in [0.2, 0.25) is 0 Å². The number of carboxylic acid groups (broad SMARTS) is 1. The van der Waals surface area contributed by atoms with Gasteiger partial charge in [0, 0.05) is 5.54 Å². The number of carbonyl (C=O) groups is 1. The normalized spacial score (nSPS) is 12.5. The van der Waals surface area contributed by atoms with Gasteiger partial charge in [0.15, 0.2) is 0 Å². The lowest BCUT2D eigenvalue weighted by atomic mass is 9.86. The van der Waals surface area contributed by atoms with E-state index in [1.807, 2.05) is 20.8 Å². The lowest BCUT2D eigenvalue weighted by Gasteiger charge is -2.21. The Hall–Kier alpha value is -1.14. The summed E-state index contributed by atoms with van der Waals surface area (Å²) in [5.41, 5.74) is -1.32. The number of halogens is 2. The van der Waals surface area contributed by atoms with Crippen molar-refractivity contribution in [1.82, 2.24) is 4.72 Å². The van der Waals surface area contributed by atoms with Crippen LogP contribution in [0, 0.1) is 17.0 Å². The van der Waals surface area contributed by atoms with Crippen LogP contribution in [0.25, 0.3) is 0 Å². The van der Waals surface area contributed by atoms with Gasteiger partial charge in [0.1, 0.15) is 11.6 Å². The van der Waals surface area contributed by atoms with Gasteiger partial charge >= 0.3 is 5.97 Å². The minimum Gasteiger partial charge on any atom is -0.481 e. The Morgan fingerprint density at radius 2 is 1.76 bits per heavy atom. The number of rotatable bonds is 5. The standard InChI is InChI=1S/C15H21F2NO2S/c1-14(2,3)18-21-12-7-10(16)9(6-11(12)17)8-15(4,5)13(19)20/h6-7,18H,8H2,1-5H3,(H,19,20). The molecule has 6 heteroatoms. The van der Waals surface area contributed by atoms with Gasteiger partial charge in [0.25, 0.3) is 0 Å². The Morgan fingerprint density at radius 3 is 2.24 bits per heavy atom. The smallest absolute Gasteiger partial charge is 0.309 e. The monoisotopic (exact) mass is 317 g/mol. The van der Waals surface area contributed by atoms with E-state index in [0.29, 0.717) is 0 Å². The van der Waals surface area contributed by atoms with E-state index >= 15 is 0 Å². The van der Waals surface area contributed by atoms with E-state index in [4.69, 9.17) is 5.11 Å². The summed E-state index contributed by atoms with van der Waals surface area (Å²) in [5, 5.41) is 9.06. The van der Waals surface area contributed by atoms with Crippen LogP contribution in [0.4, 0.5) is 8.78 Å². The molecule has 1 rings (SSSR count). The van der Waals surface area contributed by atoms with Crippen molar-refractivity contribution in [3.63, 3.8) is 0 Å². The van der Waals surface area contributed by atoms with Crippen molar-refractivity contribution in [2.45, 2.75) is 51.5 Å². The zero-order valence-corrected chi connectivity index (χ0v) is 13.7. The molecule has 1 aromatic carbocycles. The molecule has 0 saturated carbocycles. The second-order valence-electron chi connectivity index (χ2n) is 6.69. The fourth-order valence-corrected chi connectivity index (χ4v) is 2.28. The molecule has 21 heavy (non-hydrogen) atoms. The molecule has 0 amide bonds. The van der Waals surface area contributed by atoms with Crippen molar-refractivity contribution < 1.29 is 18.7 Å². The van der Waals surface area contributed by atoms with Crippen LogP contribution < -0.4 is 4.72 Å². The summed E-state index contributed by atoms with van der Waals surface area (Å²) in [5.74, 6) is -2.20. The summed E-state index contributed by atoms with van der Waals surface area (Å²) in [4.78, 5) is 11.2. The molecule has 0 fully saturated rings. The molecule has 0 saturated heterocycles. The van der Waals surface area contributed by atoms with Gasteiger partial charge in [-0.2, -0.15) is 0 Å². The molecule has 0 unspecified atom stereocenters. The van der Waals surface area contributed by atoms with E-state index in [1.54, 1.807) is 0 Å². The molecule has 0 heterocycles. The van der Waals surface area contributed by atoms with E-state index in [9.17, 15) is 13.6 Å². The Morgan fingerprint density at radius 1 is 1.19 bits per heavy atom. The maximum Gasteiger partial charge on any atom is 0.309 e. The largest absolute Gasteiger partial charge is 0.481 e. The summed E-state index contributed by atoms with van der Waals surface area (Å²) < 4.78 is 31.1. The minimum atomic E-state index is -1.15. The van der Waals surface area contributed by atoms with Crippen LogP contribution >= 0.6 is 11.9 Å². The molecule has 0 aliphatic heterocycles. The molecule has 0 atom stereocenters. The van der Waals surface area contributed by atoms with Crippen LogP contribution in [0.1, 0.15) is 40.2 Å². The van der Waals surface area contributed by atoms with Crippen LogP contribution in [0.15, 0.2) is 17.0 Å². The van der Waals surface area contributed by atoms with Crippen molar-refractivity contribution in [3.8, 4) is 0 Å². The number of hydrogen-bond donors (Lipinski definition) is 2. The quantitative estimate of drug-likeness (QED) is 0.806. The molecule has 0 aliphatic carbocycles. The third-order valence-electron chi connectivity index (χ3n) is 2.78. The summed E-state index contributed by atoms with van der Waals surface area (Å²) in [6.45, 7) is 8.71. The Labute approximate surface area is 128 Å². The first kappa shape index (κ1) is 17.9. The third-order valence-corrected chi connectivity index (χ3v) is 4.03. The van der Waals surface area contributed by atoms with Crippen LogP contribution in [-0.2, 0) is 11.2 Å². The van der Waals surface area contributed by atoms with Gasteiger partial charge in [0.2, 0.25) is 0 Å². The average Bonchev–Trinajstić information content (AvgIpc) is 2.30. The first-order valence-corrected chi connectivity index (χ1v) is 7.39. The van der Waals surface area contributed by atoms with Gasteiger partial charge in [-0.05, 0) is 70.7 Å². The van der Waals surface area contributed by atoms with Gasteiger partial charge < -0.3 is 5.11 Å². The summed E-state index contributed by atoms with van der Waals surface area (Å²) >= 11 is 1.02. The molecule has 0 spiro atoms. The highest BCUT2D eigenvalue weighted by Crippen LogP contribution is 2.29. The zero-order valence-electron chi connectivity index (χ0n) is 12.9. The predicted molar refractivity (Wildman–Crippen MR) is 80.2 cm³/mol. The van der Waals surface area contributed by atoms with Crippen molar-refractivity contribution in [2.24, 2.45) is 5.41 Å². The number of carboxylic acids is 1. The maximum atomic E-state index is 14.0. The average molecular weight is 317 g/mol. The molecular formula is C15H21F2NO2S. The van der Waals surface area contributed by atoms with Gasteiger partial charge in [-0.25, -0.2) is 8.78 Å². The first-order valence-electron chi connectivity index (χ1n) is 6.58. The van der Waals surface area contributed by atoms with Crippen molar-refractivity contribution >= 4 is 17.9 Å². The molecule has 3 nitrogen and oxygen atoms in total. The molecule has 1 aromatic rings. The maximum absolute atomic E-state index is 14.0. The number of benzene rings is 1. The zero-order chi connectivity index (χ0) is 16.4. The van der Waals surface area contributed by atoms with E-state index < -0.39 is 23.0 Å². The molecule has 2 N–H and O–H groups in total. The van der Waals surface area contributed by atoms with Crippen LogP contribution in [0.3, 0.4) is 0 Å². The molecule has 118 valence electrons. The highest BCUT2D eigenvalue weighted by molar-refractivity contribution is 7.97. The molecular weight excluding hydrogens is 296 g/mol. The summed E-state index contributed by atoms with van der Waals surface area (Å²) in [6.07, 6.45) is -0.0667. The third kappa shape index (κ3) is 5.28. The molecule has 0 aromatic heterocycles.